The number of benzene rings is 1. The van der Waals surface area contributed by atoms with Gasteiger partial charge in [-0.05, 0) is 49.6 Å². The second kappa shape index (κ2) is 7.99. The van der Waals surface area contributed by atoms with Gasteiger partial charge in [-0.15, -0.1) is 0 Å². The molecule has 4 nitrogen and oxygen atoms in total. The van der Waals surface area contributed by atoms with E-state index in [9.17, 15) is 4.39 Å². The molecular weight excluding hydrogens is 329 g/mol. The summed E-state index contributed by atoms with van der Waals surface area (Å²) in [6, 6.07) is 5.78. The summed E-state index contributed by atoms with van der Waals surface area (Å²) in [4.78, 5) is 2.44. The molecule has 1 aliphatic heterocycles. The number of likely N-dealkylation sites (tertiary alicyclic amines) is 1. The van der Waals surface area contributed by atoms with Crippen LogP contribution < -0.4 is 4.74 Å². The van der Waals surface area contributed by atoms with Gasteiger partial charge < -0.3 is 4.74 Å². The summed E-state index contributed by atoms with van der Waals surface area (Å²) in [6.07, 6.45) is 8.46. The SMILES string of the molecule is COc1c(F)cc(CN2CCCC[C@H]2CCn2cccn2)cc1Cl. The molecule has 1 fully saturated rings. The maximum atomic E-state index is 14.1. The Morgan fingerprint density at radius 3 is 2.96 bits per heavy atom. The van der Waals surface area contributed by atoms with Gasteiger partial charge in [0.15, 0.2) is 11.6 Å². The average Bonchev–Trinajstić information content (AvgIpc) is 3.07. The zero-order valence-corrected chi connectivity index (χ0v) is 14.7. The molecular formula is C18H23ClFN3O. The Hall–Kier alpha value is -1.59. The van der Waals surface area contributed by atoms with Crippen LogP contribution in [-0.4, -0.2) is 34.4 Å². The molecule has 130 valence electrons. The van der Waals surface area contributed by atoms with Crippen molar-refractivity contribution in [2.75, 3.05) is 13.7 Å². The number of halogens is 2. The number of hydrogen-bond donors (Lipinski definition) is 0. The number of methoxy groups -OCH3 is 1. The van der Waals surface area contributed by atoms with E-state index in [4.69, 9.17) is 16.3 Å². The van der Waals surface area contributed by atoms with Crippen LogP contribution in [0.4, 0.5) is 4.39 Å². The maximum Gasteiger partial charge on any atom is 0.173 e. The molecule has 0 saturated carbocycles. The summed E-state index contributed by atoms with van der Waals surface area (Å²) >= 11 is 6.12. The Morgan fingerprint density at radius 2 is 2.25 bits per heavy atom. The minimum absolute atomic E-state index is 0.120. The Morgan fingerprint density at radius 1 is 1.38 bits per heavy atom. The first kappa shape index (κ1) is 17.2. The zero-order chi connectivity index (χ0) is 16.9. The highest BCUT2D eigenvalue weighted by Crippen LogP contribution is 2.30. The van der Waals surface area contributed by atoms with Crippen LogP contribution in [0.15, 0.2) is 30.6 Å². The fraction of sp³-hybridized carbons (Fsp3) is 0.500. The highest BCUT2D eigenvalue weighted by Gasteiger charge is 2.23. The zero-order valence-electron chi connectivity index (χ0n) is 13.9. The molecule has 0 radical (unpaired) electrons. The molecule has 1 atom stereocenters. The molecule has 3 rings (SSSR count). The number of aryl methyl sites for hydroxylation is 1. The quantitative estimate of drug-likeness (QED) is 0.784. The topological polar surface area (TPSA) is 30.3 Å². The molecule has 0 bridgehead atoms. The lowest BCUT2D eigenvalue weighted by Gasteiger charge is -2.36. The van der Waals surface area contributed by atoms with Crippen molar-refractivity contribution in [1.82, 2.24) is 14.7 Å². The van der Waals surface area contributed by atoms with Crippen molar-refractivity contribution in [3.05, 3.63) is 47.0 Å². The highest BCUT2D eigenvalue weighted by atomic mass is 35.5. The van der Waals surface area contributed by atoms with E-state index in [1.54, 1.807) is 6.20 Å². The van der Waals surface area contributed by atoms with Crippen LogP contribution in [0.5, 0.6) is 5.75 Å². The number of ether oxygens (including phenoxy) is 1. The molecule has 0 spiro atoms. The second-order valence-corrected chi connectivity index (χ2v) is 6.68. The summed E-state index contributed by atoms with van der Waals surface area (Å²) in [5, 5.41) is 4.60. The van der Waals surface area contributed by atoms with Gasteiger partial charge in [0.25, 0.3) is 0 Å². The Bertz CT molecular complexity index is 639. The molecule has 24 heavy (non-hydrogen) atoms. The minimum Gasteiger partial charge on any atom is -0.492 e. The summed E-state index contributed by atoms with van der Waals surface area (Å²) in [5.74, 6) is -0.278. The number of piperidine rings is 1. The molecule has 1 aromatic carbocycles. The lowest BCUT2D eigenvalue weighted by atomic mass is 9.98. The largest absolute Gasteiger partial charge is 0.492 e. The van der Waals surface area contributed by atoms with E-state index < -0.39 is 5.82 Å². The third kappa shape index (κ3) is 4.08. The van der Waals surface area contributed by atoms with Crippen molar-refractivity contribution in [2.24, 2.45) is 0 Å². The van der Waals surface area contributed by atoms with Gasteiger partial charge >= 0.3 is 0 Å². The van der Waals surface area contributed by atoms with Gasteiger partial charge in [-0.1, -0.05) is 18.0 Å². The van der Waals surface area contributed by atoms with E-state index in [2.05, 4.69) is 10.00 Å². The van der Waals surface area contributed by atoms with Crippen LogP contribution in [0.2, 0.25) is 5.02 Å². The smallest absolute Gasteiger partial charge is 0.173 e. The monoisotopic (exact) mass is 351 g/mol. The van der Waals surface area contributed by atoms with Crippen molar-refractivity contribution in [3.63, 3.8) is 0 Å². The third-order valence-electron chi connectivity index (χ3n) is 4.65. The van der Waals surface area contributed by atoms with E-state index >= 15 is 0 Å². The van der Waals surface area contributed by atoms with Gasteiger partial charge in [0, 0.05) is 31.5 Å². The van der Waals surface area contributed by atoms with E-state index in [1.807, 2.05) is 23.0 Å². The molecule has 6 heteroatoms. The van der Waals surface area contributed by atoms with Crippen LogP contribution in [-0.2, 0) is 13.1 Å². The molecule has 0 amide bonds. The van der Waals surface area contributed by atoms with Gasteiger partial charge in [-0.3, -0.25) is 9.58 Å². The summed E-state index contributed by atoms with van der Waals surface area (Å²) < 4.78 is 21.0. The number of nitrogens with zero attached hydrogens (tertiary/aromatic N) is 3. The Kier molecular flexibility index (Phi) is 5.74. The van der Waals surface area contributed by atoms with Gasteiger partial charge in [0.05, 0.1) is 12.1 Å². The first-order valence-corrected chi connectivity index (χ1v) is 8.78. The fourth-order valence-corrected chi connectivity index (χ4v) is 3.75. The summed E-state index contributed by atoms with van der Waals surface area (Å²) in [5.41, 5.74) is 0.893. The van der Waals surface area contributed by atoms with Crippen molar-refractivity contribution in [1.29, 1.82) is 0 Å². The predicted molar refractivity (Wildman–Crippen MR) is 92.9 cm³/mol. The molecule has 1 aromatic heterocycles. The van der Waals surface area contributed by atoms with Crippen LogP contribution in [0.1, 0.15) is 31.2 Å². The first-order chi connectivity index (χ1) is 11.7. The first-order valence-electron chi connectivity index (χ1n) is 8.41. The molecule has 1 saturated heterocycles. The van der Waals surface area contributed by atoms with Crippen LogP contribution in [0.3, 0.4) is 0 Å². The molecule has 0 N–H and O–H groups in total. The van der Waals surface area contributed by atoms with Crippen LogP contribution in [0, 0.1) is 5.82 Å². The second-order valence-electron chi connectivity index (χ2n) is 6.27. The van der Waals surface area contributed by atoms with E-state index in [0.717, 1.165) is 25.1 Å². The van der Waals surface area contributed by atoms with Gasteiger partial charge in [0.2, 0.25) is 0 Å². The minimum atomic E-state index is -0.398. The third-order valence-corrected chi connectivity index (χ3v) is 4.93. The number of aromatic nitrogens is 2. The number of rotatable bonds is 6. The van der Waals surface area contributed by atoms with Crippen molar-refractivity contribution in [3.8, 4) is 5.75 Å². The van der Waals surface area contributed by atoms with Crippen molar-refractivity contribution < 1.29 is 9.13 Å². The van der Waals surface area contributed by atoms with E-state index in [1.165, 1.54) is 32.4 Å². The molecule has 2 aromatic rings. The molecule has 0 aliphatic carbocycles. The fourth-order valence-electron chi connectivity index (χ4n) is 3.44. The number of hydrogen-bond acceptors (Lipinski definition) is 3. The normalized spacial score (nSPS) is 18.7. The van der Waals surface area contributed by atoms with Crippen molar-refractivity contribution in [2.45, 2.75) is 44.8 Å². The van der Waals surface area contributed by atoms with Gasteiger partial charge in [-0.2, -0.15) is 5.10 Å². The van der Waals surface area contributed by atoms with Crippen LogP contribution >= 0.6 is 11.6 Å². The van der Waals surface area contributed by atoms with Gasteiger partial charge in [0.1, 0.15) is 0 Å². The lowest BCUT2D eigenvalue weighted by molar-refractivity contribution is 0.127. The molecule has 1 aliphatic rings. The van der Waals surface area contributed by atoms with E-state index in [-0.39, 0.29) is 5.75 Å². The standard InChI is InChI=1S/C18H23ClFN3O/c1-24-18-16(19)11-14(12-17(18)20)13-22-8-3-2-5-15(22)6-10-23-9-4-7-21-23/h4,7,9,11-12,15H,2-3,5-6,8,10,13H2,1H3/t15-/m0/s1. The lowest BCUT2D eigenvalue weighted by Crippen LogP contribution is -2.39. The Labute approximate surface area is 147 Å². The summed E-state index contributed by atoms with van der Waals surface area (Å²) in [6.45, 7) is 2.66. The molecule has 0 unspecified atom stereocenters. The summed E-state index contributed by atoms with van der Waals surface area (Å²) in [7, 11) is 1.43. The highest BCUT2D eigenvalue weighted by molar-refractivity contribution is 6.32. The average molecular weight is 352 g/mol. The molecule has 2 heterocycles. The van der Waals surface area contributed by atoms with Gasteiger partial charge in [-0.25, -0.2) is 4.39 Å². The van der Waals surface area contributed by atoms with E-state index in [0.29, 0.717) is 17.6 Å². The maximum absolute atomic E-state index is 14.1. The predicted octanol–water partition coefficient (Wildman–Crippen LogP) is 4.13. The van der Waals surface area contributed by atoms with Crippen LogP contribution in [0.25, 0.3) is 0 Å². The Balaban J connectivity index is 1.67. The van der Waals surface area contributed by atoms with Crippen molar-refractivity contribution >= 4 is 11.6 Å².